The number of guanidine groups is 1. The van der Waals surface area contributed by atoms with Gasteiger partial charge in [0.2, 0.25) is 0 Å². The van der Waals surface area contributed by atoms with Crippen LogP contribution in [0.25, 0.3) is 0 Å². The van der Waals surface area contributed by atoms with E-state index >= 15 is 0 Å². The molecule has 0 saturated heterocycles. The number of aliphatic imine (C=N–C) groups is 1. The predicted molar refractivity (Wildman–Crippen MR) is 112 cm³/mol. The highest BCUT2D eigenvalue weighted by Crippen LogP contribution is 2.21. The van der Waals surface area contributed by atoms with Gasteiger partial charge in [0.1, 0.15) is 0 Å². The van der Waals surface area contributed by atoms with E-state index < -0.39 is 0 Å². The van der Waals surface area contributed by atoms with Crippen molar-refractivity contribution in [1.82, 2.24) is 20.4 Å². The van der Waals surface area contributed by atoms with E-state index in [9.17, 15) is 0 Å². The molecule has 0 radical (unpaired) electrons. The molecule has 0 saturated carbocycles. The van der Waals surface area contributed by atoms with Gasteiger partial charge in [0.25, 0.3) is 0 Å². The second kappa shape index (κ2) is 9.63. The average Bonchev–Trinajstić information content (AvgIpc) is 2.99. The highest BCUT2D eigenvalue weighted by atomic mass is 127. The smallest absolute Gasteiger partial charge is 0.191 e. The van der Waals surface area contributed by atoms with Gasteiger partial charge in [0.15, 0.2) is 5.96 Å². The Morgan fingerprint density at radius 2 is 2.13 bits per heavy atom. The summed E-state index contributed by atoms with van der Waals surface area (Å²) in [5.74, 6) is 0.826. The van der Waals surface area contributed by atoms with E-state index in [0.717, 1.165) is 28.5 Å². The van der Waals surface area contributed by atoms with Gasteiger partial charge in [-0.3, -0.25) is 4.68 Å². The molecular weight excluding hydrogens is 489 g/mol. The van der Waals surface area contributed by atoms with Crippen molar-refractivity contribution in [3.8, 4) is 0 Å². The van der Waals surface area contributed by atoms with Crippen LogP contribution in [0, 0.1) is 13.8 Å². The number of thiophene rings is 1. The lowest BCUT2D eigenvalue weighted by Gasteiger charge is -2.11. The quantitative estimate of drug-likeness (QED) is 0.365. The Morgan fingerprint density at radius 3 is 2.65 bits per heavy atom. The van der Waals surface area contributed by atoms with Crippen LogP contribution in [-0.2, 0) is 20.1 Å². The number of halogens is 2. The Labute approximate surface area is 167 Å². The first-order valence-electron chi connectivity index (χ1n) is 7.25. The van der Waals surface area contributed by atoms with Gasteiger partial charge in [-0.15, -0.1) is 35.3 Å². The summed E-state index contributed by atoms with van der Waals surface area (Å²) in [6.45, 7) is 8.43. The van der Waals surface area contributed by atoms with Crippen LogP contribution >= 0.6 is 51.2 Å². The Morgan fingerprint density at radius 1 is 1.39 bits per heavy atom. The van der Waals surface area contributed by atoms with E-state index in [4.69, 9.17) is 0 Å². The Hall–Kier alpha value is -0.610. The fourth-order valence-electron chi connectivity index (χ4n) is 2.19. The molecule has 2 aromatic heterocycles. The minimum Gasteiger partial charge on any atom is -0.357 e. The molecule has 23 heavy (non-hydrogen) atoms. The van der Waals surface area contributed by atoms with Gasteiger partial charge in [-0.05, 0) is 53.7 Å². The predicted octanol–water partition coefficient (Wildman–Crippen LogP) is 3.73. The summed E-state index contributed by atoms with van der Waals surface area (Å²) in [4.78, 5) is 4.63. The van der Waals surface area contributed by atoms with Gasteiger partial charge in [0, 0.05) is 31.4 Å². The summed E-state index contributed by atoms with van der Waals surface area (Å²) in [5.41, 5.74) is 4.68. The standard InChI is InChI=1S/C15H22BrN5S.HI/c1-5-17-15(18-7-12-6-14(16)22-9-12)19-8-13-10(2)20-21(4)11(13)3;/h6,9H,5,7-8H2,1-4H3,(H2,17,18,19);1H. The van der Waals surface area contributed by atoms with E-state index in [-0.39, 0.29) is 24.0 Å². The molecule has 2 heterocycles. The van der Waals surface area contributed by atoms with E-state index in [1.54, 1.807) is 11.3 Å². The SMILES string of the molecule is CCNC(=NCc1csc(Br)c1)NCc1c(C)nn(C)c1C.I. The molecule has 8 heteroatoms. The maximum absolute atomic E-state index is 4.63. The largest absolute Gasteiger partial charge is 0.357 e. The molecule has 5 nitrogen and oxygen atoms in total. The first-order valence-corrected chi connectivity index (χ1v) is 8.92. The molecular formula is C15H23BrIN5S. The third-order valence-electron chi connectivity index (χ3n) is 3.48. The zero-order valence-corrected chi connectivity index (χ0v) is 18.5. The molecule has 2 aromatic rings. The summed E-state index contributed by atoms with van der Waals surface area (Å²) in [6, 6.07) is 2.10. The molecule has 0 unspecified atom stereocenters. The minimum atomic E-state index is 0. The molecule has 0 bridgehead atoms. The second-order valence-corrected chi connectivity index (χ2v) is 7.37. The molecule has 0 atom stereocenters. The summed E-state index contributed by atoms with van der Waals surface area (Å²) in [6.07, 6.45) is 0. The minimum absolute atomic E-state index is 0. The fourth-order valence-corrected chi connectivity index (χ4v) is 3.39. The van der Waals surface area contributed by atoms with E-state index in [1.807, 2.05) is 18.7 Å². The van der Waals surface area contributed by atoms with Crippen LogP contribution in [0.5, 0.6) is 0 Å². The first kappa shape index (κ1) is 20.4. The van der Waals surface area contributed by atoms with E-state index in [0.29, 0.717) is 6.54 Å². The monoisotopic (exact) mass is 511 g/mol. The summed E-state index contributed by atoms with van der Waals surface area (Å²) in [5, 5.41) is 13.2. The number of aromatic nitrogens is 2. The van der Waals surface area contributed by atoms with Gasteiger partial charge in [-0.1, -0.05) is 0 Å². The topological polar surface area (TPSA) is 54.2 Å². The van der Waals surface area contributed by atoms with Gasteiger partial charge in [0.05, 0.1) is 16.0 Å². The van der Waals surface area contributed by atoms with Crippen molar-refractivity contribution in [2.75, 3.05) is 6.54 Å². The normalized spacial score (nSPS) is 11.3. The fraction of sp³-hybridized carbons (Fsp3) is 0.467. The van der Waals surface area contributed by atoms with Crippen LogP contribution in [0.15, 0.2) is 20.2 Å². The lowest BCUT2D eigenvalue weighted by atomic mass is 10.2. The van der Waals surface area contributed by atoms with E-state index in [1.165, 1.54) is 16.8 Å². The molecule has 0 aliphatic heterocycles. The average molecular weight is 512 g/mol. The lowest BCUT2D eigenvalue weighted by Crippen LogP contribution is -2.37. The number of hydrogen-bond acceptors (Lipinski definition) is 3. The first-order chi connectivity index (χ1) is 10.5. The van der Waals surface area contributed by atoms with E-state index in [2.05, 4.69) is 61.9 Å². The van der Waals surface area contributed by atoms with Crippen molar-refractivity contribution in [1.29, 1.82) is 0 Å². The molecule has 0 aliphatic carbocycles. The third-order valence-corrected chi connectivity index (χ3v) is 5.03. The maximum Gasteiger partial charge on any atom is 0.191 e. The van der Waals surface area contributed by atoms with Gasteiger partial charge in [-0.25, -0.2) is 4.99 Å². The molecule has 128 valence electrons. The maximum atomic E-state index is 4.63. The number of nitrogens with one attached hydrogen (secondary N) is 2. The Bertz CT molecular complexity index is 665. The van der Waals surface area contributed by atoms with Gasteiger partial charge < -0.3 is 10.6 Å². The van der Waals surface area contributed by atoms with Crippen LogP contribution in [0.3, 0.4) is 0 Å². The number of hydrogen-bond donors (Lipinski definition) is 2. The number of rotatable bonds is 5. The molecule has 2 rings (SSSR count). The zero-order valence-electron chi connectivity index (χ0n) is 13.8. The highest BCUT2D eigenvalue weighted by molar-refractivity contribution is 14.0. The third kappa shape index (κ3) is 5.75. The van der Waals surface area contributed by atoms with Crippen molar-refractivity contribution < 1.29 is 0 Å². The molecule has 0 fully saturated rings. The molecule has 0 spiro atoms. The van der Waals surface area contributed by atoms with Crippen molar-refractivity contribution in [3.63, 3.8) is 0 Å². The molecule has 0 amide bonds. The van der Waals surface area contributed by atoms with Crippen LogP contribution in [0.4, 0.5) is 0 Å². The van der Waals surface area contributed by atoms with Crippen LogP contribution in [0.1, 0.15) is 29.4 Å². The number of nitrogens with zero attached hydrogens (tertiary/aromatic N) is 3. The Balaban J connectivity index is 0.00000264. The van der Waals surface area contributed by atoms with Gasteiger partial charge in [-0.2, -0.15) is 5.10 Å². The van der Waals surface area contributed by atoms with Crippen LogP contribution in [0.2, 0.25) is 0 Å². The van der Waals surface area contributed by atoms with Crippen molar-refractivity contribution in [3.05, 3.63) is 37.7 Å². The summed E-state index contributed by atoms with van der Waals surface area (Å²) >= 11 is 5.16. The zero-order chi connectivity index (χ0) is 16.1. The van der Waals surface area contributed by atoms with Crippen LogP contribution in [-0.4, -0.2) is 22.3 Å². The molecule has 0 aliphatic rings. The highest BCUT2D eigenvalue weighted by Gasteiger charge is 2.09. The van der Waals surface area contributed by atoms with Crippen molar-refractivity contribution >= 4 is 57.2 Å². The lowest BCUT2D eigenvalue weighted by molar-refractivity contribution is 0.728. The summed E-state index contributed by atoms with van der Waals surface area (Å²) < 4.78 is 3.05. The summed E-state index contributed by atoms with van der Waals surface area (Å²) in [7, 11) is 1.97. The second-order valence-electron chi connectivity index (χ2n) is 5.08. The van der Waals surface area contributed by atoms with Crippen molar-refractivity contribution in [2.24, 2.45) is 12.0 Å². The molecule has 0 aromatic carbocycles. The van der Waals surface area contributed by atoms with Crippen LogP contribution < -0.4 is 10.6 Å². The van der Waals surface area contributed by atoms with Crippen molar-refractivity contribution in [2.45, 2.75) is 33.9 Å². The molecule has 2 N–H and O–H groups in total. The number of aryl methyl sites for hydroxylation is 2. The Kier molecular flexibility index (Phi) is 8.56. The van der Waals surface area contributed by atoms with Gasteiger partial charge >= 0.3 is 0 Å².